The molecule has 20 heavy (non-hydrogen) atoms. The van der Waals surface area contributed by atoms with Crippen molar-refractivity contribution in [1.29, 1.82) is 0 Å². The number of benzene rings is 1. The molecule has 1 heterocycles. The molecule has 1 fully saturated rings. The summed E-state index contributed by atoms with van der Waals surface area (Å²) in [6.07, 6.45) is 2.15. The largest absolute Gasteiger partial charge is 0.505 e. The molecule has 0 radical (unpaired) electrons. The van der Waals surface area contributed by atoms with Crippen molar-refractivity contribution in [3.8, 4) is 17.2 Å². The Hall–Kier alpha value is -1.98. The molecule has 1 aromatic rings. The molecule has 5 nitrogen and oxygen atoms in total. The standard InChI is InChI=1S/C14H15FO5/c15-8-7-9-12(20-6-5-19-9)10(11(8)16)14(13(17)18)3-1-2-4-14/h7,16H,1-6H2,(H,17,18). The number of fused-ring (bicyclic) bond motifs is 1. The lowest BCUT2D eigenvalue weighted by Crippen LogP contribution is -2.34. The van der Waals surface area contributed by atoms with E-state index < -0.39 is 23.0 Å². The van der Waals surface area contributed by atoms with Crippen LogP contribution in [0.1, 0.15) is 31.2 Å². The number of hydrogen-bond acceptors (Lipinski definition) is 4. The van der Waals surface area contributed by atoms with Crippen molar-refractivity contribution in [1.82, 2.24) is 0 Å². The van der Waals surface area contributed by atoms with Crippen molar-refractivity contribution >= 4 is 5.97 Å². The summed E-state index contributed by atoms with van der Waals surface area (Å²) >= 11 is 0. The van der Waals surface area contributed by atoms with Gasteiger partial charge in [0.15, 0.2) is 23.1 Å². The van der Waals surface area contributed by atoms with Crippen LogP contribution in [0.3, 0.4) is 0 Å². The molecule has 0 amide bonds. The third-order valence-corrected chi connectivity index (χ3v) is 4.10. The fourth-order valence-corrected chi connectivity index (χ4v) is 3.14. The zero-order valence-electron chi connectivity index (χ0n) is 10.8. The van der Waals surface area contributed by atoms with E-state index in [1.165, 1.54) is 0 Å². The monoisotopic (exact) mass is 282 g/mol. The number of rotatable bonds is 2. The van der Waals surface area contributed by atoms with Crippen molar-refractivity contribution < 1.29 is 28.9 Å². The van der Waals surface area contributed by atoms with Crippen LogP contribution in [0.15, 0.2) is 6.07 Å². The highest BCUT2D eigenvalue weighted by Gasteiger charge is 2.48. The van der Waals surface area contributed by atoms with Gasteiger partial charge < -0.3 is 19.7 Å². The van der Waals surface area contributed by atoms with Gasteiger partial charge in [0.25, 0.3) is 0 Å². The second kappa shape index (κ2) is 4.54. The fraction of sp³-hybridized carbons (Fsp3) is 0.500. The Morgan fingerprint density at radius 2 is 1.90 bits per heavy atom. The Kier molecular flexibility index (Phi) is 2.96. The van der Waals surface area contributed by atoms with Gasteiger partial charge in [-0.05, 0) is 12.8 Å². The van der Waals surface area contributed by atoms with Crippen LogP contribution < -0.4 is 9.47 Å². The number of phenols is 1. The summed E-state index contributed by atoms with van der Waals surface area (Å²) in [4.78, 5) is 11.7. The maximum absolute atomic E-state index is 13.9. The number of hydrogen-bond donors (Lipinski definition) is 2. The Morgan fingerprint density at radius 1 is 1.25 bits per heavy atom. The van der Waals surface area contributed by atoms with E-state index in [1.54, 1.807) is 0 Å². The van der Waals surface area contributed by atoms with E-state index in [4.69, 9.17) is 9.47 Å². The molecule has 1 saturated carbocycles. The normalized spacial score (nSPS) is 19.9. The average molecular weight is 282 g/mol. The van der Waals surface area contributed by atoms with Gasteiger partial charge in [-0.3, -0.25) is 4.79 Å². The summed E-state index contributed by atoms with van der Waals surface area (Å²) in [6, 6.07) is 1.04. The number of phenolic OH excluding ortho intramolecular Hbond substituents is 1. The molecule has 108 valence electrons. The van der Waals surface area contributed by atoms with E-state index in [9.17, 15) is 19.4 Å². The second-order valence-electron chi connectivity index (χ2n) is 5.20. The highest BCUT2D eigenvalue weighted by Crippen LogP contribution is 2.53. The molecule has 0 saturated heterocycles. The third kappa shape index (κ3) is 1.71. The number of ether oxygens (including phenoxy) is 2. The van der Waals surface area contributed by atoms with E-state index >= 15 is 0 Å². The first-order valence-corrected chi connectivity index (χ1v) is 6.61. The molecule has 0 spiro atoms. The van der Waals surface area contributed by atoms with Gasteiger partial charge in [-0.2, -0.15) is 0 Å². The number of aliphatic carboxylic acids is 1. The van der Waals surface area contributed by atoms with Crippen molar-refractivity contribution in [3.05, 3.63) is 17.4 Å². The minimum atomic E-state index is -1.29. The number of carbonyl (C=O) groups is 1. The van der Waals surface area contributed by atoms with Gasteiger partial charge in [-0.15, -0.1) is 0 Å². The second-order valence-corrected chi connectivity index (χ2v) is 5.20. The molecule has 1 aliphatic heterocycles. The lowest BCUT2D eigenvalue weighted by Gasteiger charge is -2.30. The molecule has 6 heteroatoms. The highest BCUT2D eigenvalue weighted by molar-refractivity contribution is 5.85. The Labute approximate surface area is 114 Å². The molecular formula is C14H15FO5. The zero-order valence-corrected chi connectivity index (χ0v) is 10.8. The van der Waals surface area contributed by atoms with Crippen molar-refractivity contribution in [2.75, 3.05) is 13.2 Å². The van der Waals surface area contributed by atoms with Crippen molar-refractivity contribution in [3.63, 3.8) is 0 Å². The first-order valence-electron chi connectivity index (χ1n) is 6.61. The van der Waals surface area contributed by atoms with Crippen LogP contribution in [-0.2, 0) is 10.2 Å². The number of carboxylic acids is 1. The smallest absolute Gasteiger partial charge is 0.314 e. The molecule has 0 aromatic heterocycles. The van der Waals surface area contributed by atoms with E-state index in [0.29, 0.717) is 12.8 Å². The summed E-state index contributed by atoms with van der Waals surface area (Å²) in [5, 5.41) is 19.7. The molecule has 1 aliphatic carbocycles. The first-order chi connectivity index (χ1) is 9.56. The van der Waals surface area contributed by atoms with Gasteiger partial charge in [-0.25, -0.2) is 4.39 Å². The van der Waals surface area contributed by atoms with E-state index in [0.717, 1.165) is 18.9 Å². The molecule has 3 rings (SSSR count). The topological polar surface area (TPSA) is 76.0 Å². The van der Waals surface area contributed by atoms with Gasteiger partial charge in [0.1, 0.15) is 18.6 Å². The predicted molar refractivity (Wildman–Crippen MR) is 66.8 cm³/mol. The van der Waals surface area contributed by atoms with Gasteiger partial charge in [0.05, 0.1) is 5.56 Å². The summed E-state index contributed by atoms with van der Waals surface area (Å²) in [5.74, 6) is -2.25. The van der Waals surface area contributed by atoms with Gasteiger partial charge >= 0.3 is 5.97 Å². The SMILES string of the molecule is O=C(O)C1(c2c(O)c(F)cc3c2OCCO3)CCCC1. The Bertz CT molecular complexity index is 563. The average Bonchev–Trinajstić information content (AvgIpc) is 2.90. The molecule has 0 atom stereocenters. The van der Waals surface area contributed by atoms with Crippen LogP contribution in [-0.4, -0.2) is 29.4 Å². The van der Waals surface area contributed by atoms with Gasteiger partial charge in [0.2, 0.25) is 0 Å². The van der Waals surface area contributed by atoms with Crippen LogP contribution >= 0.6 is 0 Å². The predicted octanol–water partition coefficient (Wildman–Crippen LogP) is 2.20. The summed E-state index contributed by atoms with van der Waals surface area (Å²) in [6.45, 7) is 0.525. The number of carboxylic acid groups (broad SMARTS) is 1. The molecule has 0 unspecified atom stereocenters. The van der Waals surface area contributed by atoms with E-state index in [-0.39, 0.29) is 30.3 Å². The first kappa shape index (κ1) is 13.0. The van der Waals surface area contributed by atoms with E-state index in [2.05, 4.69) is 0 Å². The quantitative estimate of drug-likeness (QED) is 0.869. The van der Waals surface area contributed by atoms with Crippen LogP contribution in [0.2, 0.25) is 0 Å². The fourth-order valence-electron chi connectivity index (χ4n) is 3.14. The molecule has 2 N–H and O–H groups in total. The van der Waals surface area contributed by atoms with Gasteiger partial charge in [-0.1, -0.05) is 12.8 Å². The molecule has 2 aliphatic rings. The van der Waals surface area contributed by atoms with E-state index in [1.807, 2.05) is 0 Å². The summed E-state index contributed by atoms with van der Waals surface area (Å²) in [5.41, 5.74) is -1.27. The number of halogens is 1. The van der Waals surface area contributed by atoms with Crippen molar-refractivity contribution in [2.45, 2.75) is 31.1 Å². The van der Waals surface area contributed by atoms with Crippen LogP contribution in [0.25, 0.3) is 0 Å². The maximum atomic E-state index is 13.9. The third-order valence-electron chi connectivity index (χ3n) is 4.10. The summed E-state index contributed by atoms with van der Waals surface area (Å²) < 4.78 is 24.7. The summed E-state index contributed by atoms with van der Waals surface area (Å²) in [7, 11) is 0. The van der Waals surface area contributed by atoms with Crippen LogP contribution in [0.5, 0.6) is 17.2 Å². The zero-order chi connectivity index (χ0) is 14.3. The Balaban J connectivity index is 2.26. The Morgan fingerprint density at radius 3 is 2.55 bits per heavy atom. The minimum Gasteiger partial charge on any atom is -0.505 e. The number of aromatic hydroxyl groups is 1. The maximum Gasteiger partial charge on any atom is 0.314 e. The lowest BCUT2D eigenvalue weighted by atomic mass is 9.77. The molecule has 0 bridgehead atoms. The van der Waals surface area contributed by atoms with Crippen molar-refractivity contribution in [2.24, 2.45) is 0 Å². The minimum absolute atomic E-state index is 0.0252. The molecular weight excluding hydrogens is 267 g/mol. The van der Waals surface area contributed by atoms with Crippen LogP contribution in [0, 0.1) is 5.82 Å². The highest BCUT2D eigenvalue weighted by atomic mass is 19.1. The lowest BCUT2D eigenvalue weighted by molar-refractivity contribution is -0.143. The molecule has 1 aromatic carbocycles. The van der Waals surface area contributed by atoms with Crippen LogP contribution in [0.4, 0.5) is 4.39 Å². The van der Waals surface area contributed by atoms with Gasteiger partial charge in [0, 0.05) is 6.07 Å².